The average Bonchev–Trinajstić information content (AvgIpc) is 2.38. The predicted molar refractivity (Wildman–Crippen MR) is 78.2 cm³/mol. The van der Waals surface area contributed by atoms with Crippen molar-refractivity contribution in [3.8, 4) is 0 Å². The van der Waals surface area contributed by atoms with E-state index in [-0.39, 0.29) is 5.91 Å². The molecule has 2 rings (SSSR count). The van der Waals surface area contributed by atoms with E-state index in [1.807, 2.05) is 24.3 Å². The third-order valence-corrected chi connectivity index (χ3v) is 3.32. The lowest BCUT2D eigenvalue weighted by Crippen LogP contribution is -2.12. The van der Waals surface area contributed by atoms with Gasteiger partial charge in [0.25, 0.3) is 5.91 Å². The Bertz CT molecular complexity index is 575. The fourth-order valence-corrected chi connectivity index (χ4v) is 2.12. The van der Waals surface area contributed by atoms with Gasteiger partial charge in [0.1, 0.15) is 5.82 Å². The highest BCUT2D eigenvalue weighted by molar-refractivity contribution is 9.08. The zero-order chi connectivity index (χ0) is 13.8. The average molecular weight is 322 g/mol. The SMILES string of the molecule is Cc1cc(F)cc(C(=O)Nc2ccc(CBr)cc2)c1. The number of anilines is 1. The monoisotopic (exact) mass is 321 g/mol. The highest BCUT2D eigenvalue weighted by atomic mass is 79.9. The van der Waals surface area contributed by atoms with E-state index in [4.69, 9.17) is 0 Å². The number of amides is 1. The van der Waals surface area contributed by atoms with Crippen LogP contribution in [0.15, 0.2) is 42.5 Å². The first-order chi connectivity index (χ1) is 9.08. The van der Waals surface area contributed by atoms with E-state index in [1.165, 1.54) is 12.1 Å². The van der Waals surface area contributed by atoms with Crippen molar-refractivity contribution in [2.24, 2.45) is 0 Å². The minimum absolute atomic E-state index is 0.311. The van der Waals surface area contributed by atoms with Crippen LogP contribution < -0.4 is 5.32 Å². The number of halogens is 2. The van der Waals surface area contributed by atoms with Gasteiger partial charge in [-0.15, -0.1) is 0 Å². The molecule has 2 aromatic carbocycles. The second-order valence-electron chi connectivity index (χ2n) is 4.30. The molecule has 0 aromatic heterocycles. The van der Waals surface area contributed by atoms with Gasteiger partial charge in [-0.3, -0.25) is 4.79 Å². The van der Waals surface area contributed by atoms with Gasteiger partial charge >= 0.3 is 0 Å². The molecule has 2 nitrogen and oxygen atoms in total. The van der Waals surface area contributed by atoms with Gasteiger partial charge in [0.15, 0.2) is 0 Å². The van der Waals surface area contributed by atoms with Crippen LogP contribution in [0.1, 0.15) is 21.5 Å². The summed E-state index contributed by atoms with van der Waals surface area (Å²) in [4.78, 5) is 12.0. The maximum Gasteiger partial charge on any atom is 0.255 e. The van der Waals surface area contributed by atoms with Crippen LogP contribution in [0, 0.1) is 12.7 Å². The van der Waals surface area contributed by atoms with Crippen molar-refractivity contribution >= 4 is 27.5 Å². The summed E-state index contributed by atoms with van der Waals surface area (Å²) in [6, 6.07) is 11.8. The number of hydrogen-bond acceptors (Lipinski definition) is 1. The van der Waals surface area contributed by atoms with E-state index in [2.05, 4.69) is 21.2 Å². The second kappa shape index (κ2) is 5.97. The van der Waals surface area contributed by atoms with Gasteiger partial charge in [0.05, 0.1) is 0 Å². The maximum absolute atomic E-state index is 13.2. The highest BCUT2D eigenvalue weighted by Crippen LogP contribution is 2.14. The topological polar surface area (TPSA) is 29.1 Å². The number of alkyl halides is 1. The third kappa shape index (κ3) is 3.64. The molecule has 19 heavy (non-hydrogen) atoms. The summed E-state index contributed by atoms with van der Waals surface area (Å²) in [5, 5.41) is 3.51. The van der Waals surface area contributed by atoms with Crippen LogP contribution in [0.4, 0.5) is 10.1 Å². The Morgan fingerprint density at radius 1 is 1.21 bits per heavy atom. The third-order valence-electron chi connectivity index (χ3n) is 2.67. The fourth-order valence-electron chi connectivity index (χ4n) is 1.75. The molecule has 2 aromatic rings. The van der Waals surface area contributed by atoms with Crippen LogP contribution in [0.5, 0.6) is 0 Å². The van der Waals surface area contributed by atoms with Crippen LogP contribution in [0.2, 0.25) is 0 Å². The molecule has 0 bridgehead atoms. The fraction of sp³-hybridized carbons (Fsp3) is 0.133. The van der Waals surface area contributed by atoms with Gasteiger partial charge in [0.2, 0.25) is 0 Å². The second-order valence-corrected chi connectivity index (χ2v) is 4.86. The molecule has 0 unspecified atom stereocenters. The highest BCUT2D eigenvalue weighted by Gasteiger charge is 2.08. The summed E-state index contributed by atoms with van der Waals surface area (Å²) >= 11 is 3.36. The zero-order valence-corrected chi connectivity index (χ0v) is 12.0. The minimum atomic E-state index is -0.403. The molecule has 0 fully saturated rings. The van der Waals surface area contributed by atoms with Crippen molar-refractivity contribution < 1.29 is 9.18 Å². The molecule has 0 spiro atoms. The largest absolute Gasteiger partial charge is 0.322 e. The Kier molecular flexibility index (Phi) is 4.32. The normalized spacial score (nSPS) is 10.3. The first-order valence-corrected chi connectivity index (χ1v) is 6.94. The Balaban J connectivity index is 2.15. The number of carbonyl (C=O) groups is 1. The molecule has 0 aliphatic carbocycles. The lowest BCUT2D eigenvalue weighted by atomic mass is 10.1. The summed E-state index contributed by atoms with van der Waals surface area (Å²) in [6.07, 6.45) is 0. The lowest BCUT2D eigenvalue weighted by Gasteiger charge is -2.07. The van der Waals surface area contributed by atoms with E-state index < -0.39 is 5.82 Å². The first kappa shape index (κ1) is 13.7. The van der Waals surface area contributed by atoms with Gasteiger partial charge in [-0.2, -0.15) is 0 Å². The van der Waals surface area contributed by atoms with Gasteiger partial charge in [-0.1, -0.05) is 28.1 Å². The number of carbonyl (C=O) groups excluding carboxylic acids is 1. The quantitative estimate of drug-likeness (QED) is 0.840. The number of nitrogens with one attached hydrogen (secondary N) is 1. The van der Waals surface area contributed by atoms with E-state index in [0.29, 0.717) is 11.3 Å². The van der Waals surface area contributed by atoms with Gasteiger partial charge in [-0.05, 0) is 48.4 Å². The zero-order valence-electron chi connectivity index (χ0n) is 10.4. The summed E-state index contributed by atoms with van der Waals surface area (Å²) in [5.74, 6) is -0.714. The molecule has 1 N–H and O–H groups in total. The molecule has 0 heterocycles. The molecule has 98 valence electrons. The van der Waals surface area contributed by atoms with E-state index >= 15 is 0 Å². The van der Waals surface area contributed by atoms with Crippen LogP contribution in [0.3, 0.4) is 0 Å². The summed E-state index contributed by atoms with van der Waals surface area (Å²) in [6.45, 7) is 1.75. The van der Waals surface area contributed by atoms with Gasteiger partial charge in [0, 0.05) is 16.6 Å². The Morgan fingerprint density at radius 2 is 1.89 bits per heavy atom. The van der Waals surface area contributed by atoms with Crippen LogP contribution in [-0.2, 0) is 5.33 Å². The lowest BCUT2D eigenvalue weighted by molar-refractivity contribution is 0.102. The van der Waals surface area contributed by atoms with E-state index in [9.17, 15) is 9.18 Å². The summed E-state index contributed by atoms with van der Waals surface area (Å²) in [7, 11) is 0. The molecule has 0 saturated carbocycles. The van der Waals surface area contributed by atoms with E-state index in [0.717, 1.165) is 16.5 Å². The molecule has 0 atom stereocenters. The molecule has 1 amide bonds. The number of benzene rings is 2. The summed E-state index contributed by atoms with van der Waals surface area (Å²) in [5.41, 5.74) is 2.86. The minimum Gasteiger partial charge on any atom is -0.322 e. The Morgan fingerprint density at radius 3 is 2.47 bits per heavy atom. The molecule has 0 aliphatic heterocycles. The molecular formula is C15H13BrFNO. The molecule has 0 radical (unpaired) electrons. The van der Waals surface area contributed by atoms with Crippen molar-refractivity contribution in [2.45, 2.75) is 12.3 Å². The first-order valence-electron chi connectivity index (χ1n) is 5.82. The standard InChI is InChI=1S/C15H13BrFNO/c1-10-6-12(8-13(17)7-10)15(19)18-14-4-2-11(9-16)3-5-14/h2-8H,9H2,1H3,(H,18,19). The van der Waals surface area contributed by atoms with Crippen molar-refractivity contribution in [2.75, 3.05) is 5.32 Å². The van der Waals surface area contributed by atoms with E-state index in [1.54, 1.807) is 13.0 Å². The Hall–Kier alpha value is -1.68. The van der Waals surface area contributed by atoms with Crippen LogP contribution >= 0.6 is 15.9 Å². The number of aryl methyl sites for hydroxylation is 1. The van der Waals surface area contributed by atoms with Gasteiger partial charge < -0.3 is 5.32 Å². The van der Waals surface area contributed by atoms with Crippen molar-refractivity contribution in [3.05, 3.63) is 65.0 Å². The molecule has 4 heteroatoms. The van der Waals surface area contributed by atoms with Crippen molar-refractivity contribution in [1.82, 2.24) is 0 Å². The molecule has 0 saturated heterocycles. The van der Waals surface area contributed by atoms with Crippen molar-refractivity contribution in [3.63, 3.8) is 0 Å². The smallest absolute Gasteiger partial charge is 0.255 e. The summed E-state index contributed by atoms with van der Waals surface area (Å²) < 4.78 is 13.2. The predicted octanol–water partition coefficient (Wildman–Crippen LogP) is 4.28. The van der Waals surface area contributed by atoms with Crippen LogP contribution in [-0.4, -0.2) is 5.91 Å². The Labute approximate surface area is 119 Å². The van der Waals surface area contributed by atoms with Crippen LogP contribution in [0.25, 0.3) is 0 Å². The van der Waals surface area contributed by atoms with Crippen molar-refractivity contribution in [1.29, 1.82) is 0 Å². The number of hydrogen-bond donors (Lipinski definition) is 1. The molecule has 0 aliphatic rings. The van der Waals surface area contributed by atoms with Gasteiger partial charge in [-0.25, -0.2) is 4.39 Å². The molecular weight excluding hydrogens is 309 g/mol. The maximum atomic E-state index is 13.2. The number of rotatable bonds is 3.